The number of aliphatic hydroxyl groups excluding tert-OH is 1. The average Bonchev–Trinajstić information content (AvgIpc) is 2.32. The summed E-state index contributed by atoms with van der Waals surface area (Å²) < 4.78 is 0. The van der Waals surface area contributed by atoms with E-state index in [0.29, 0.717) is 19.5 Å². The van der Waals surface area contributed by atoms with Crippen LogP contribution in [0.15, 0.2) is 29.3 Å². The lowest BCUT2D eigenvalue weighted by molar-refractivity contribution is -0.136. The maximum atomic E-state index is 10.6. The van der Waals surface area contributed by atoms with Crippen LogP contribution in [-0.2, 0) is 17.6 Å². The third-order valence-corrected chi connectivity index (χ3v) is 2.75. The van der Waals surface area contributed by atoms with Gasteiger partial charge in [0.05, 0.1) is 19.1 Å². The first-order valence-corrected chi connectivity index (χ1v) is 5.88. The topological polar surface area (TPSA) is 81.9 Å². The van der Waals surface area contributed by atoms with Gasteiger partial charge in [-0.1, -0.05) is 24.3 Å². The van der Waals surface area contributed by atoms with Crippen molar-refractivity contribution in [2.24, 2.45) is 4.99 Å². The number of amidine groups is 1. The standard InChI is InChI=1S/C13H16N2O3/c16-11-7-14-12(15-8-11)5-9-2-1-3-10(4-9)6-13(17)18/h1-4,11,16H,5-8H2,(H,14,15)(H,17,18). The Morgan fingerprint density at radius 2 is 2.22 bits per heavy atom. The molecule has 1 aromatic rings. The van der Waals surface area contributed by atoms with Crippen molar-refractivity contribution >= 4 is 11.8 Å². The quantitative estimate of drug-likeness (QED) is 0.712. The van der Waals surface area contributed by atoms with Gasteiger partial charge in [0, 0.05) is 13.0 Å². The monoisotopic (exact) mass is 248 g/mol. The first kappa shape index (κ1) is 12.6. The Morgan fingerprint density at radius 3 is 2.89 bits per heavy atom. The average molecular weight is 248 g/mol. The van der Waals surface area contributed by atoms with Crippen LogP contribution in [-0.4, -0.2) is 41.2 Å². The molecular weight excluding hydrogens is 232 g/mol. The Kier molecular flexibility index (Phi) is 3.94. The highest BCUT2D eigenvalue weighted by molar-refractivity contribution is 5.85. The number of nitrogens with zero attached hydrogens (tertiary/aromatic N) is 1. The van der Waals surface area contributed by atoms with E-state index in [2.05, 4.69) is 10.3 Å². The van der Waals surface area contributed by atoms with E-state index < -0.39 is 12.1 Å². The molecule has 1 heterocycles. The fourth-order valence-electron chi connectivity index (χ4n) is 1.91. The van der Waals surface area contributed by atoms with E-state index >= 15 is 0 Å². The second-order valence-corrected chi connectivity index (χ2v) is 4.39. The summed E-state index contributed by atoms with van der Waals surface area (Å²) in [6.07, 6.45) is 0.263. The van der Waals surface area contributed by atoms with Gasteiger partial charge < -0.3 is 15.5 Å². The SMILES string of the molecule is O=C(O)Cc1cccc(CC2=NCC(O)CN2)c1. The van der Waals surface area contributed by atoms with Crippen molar-refractivity contribution in [2.45, 2.75) is 18.9 Å². The van der Waals surface area contributed by atoms with Crippen LogP contribution in [0.2, 0.25) is 0 Å². The molecule has 0 spiro atoms. The number of carboxylic acid groups (broad SMARTS) is 1. The molecule has 1 aliphatic rings. The molecule has 0 radical (unpaired) electrons. The van der Waals surface area contributed by atoms with E-state index in [0.717, 1.165) is 17.0 Å². The molecule has 2 rings (SSSR count). The summed E-state index contributed by atoms with van der Waals surface area (Å²) in [6.45, 7) is 0.949. The third kappa shape index (κ3) is 3.56. The molecule has 1 aliphatic heterocycles. The highest BCUT2D eigenvalue weighted by atomic mass is 16.4. The van der Waals surface area contributed by atoms with Crippen LogP contribution in [0.25, 0.3) is 0 Å². The Balaban J connectivity index is 2.03. The number of aliphatic hydroxyl groups is 1. The summed E-state index contributed by atoms with van der Waals surface area (Å²) in [5.41, 5.74) is 1.81. The molecule has 0 fully saturated rings. The number of hydrogen-bond acceptors (Lipinski definition) is 4. The van der Waals surface area contributed by atoms with Crippen LogP contribution in [0.4, 0.5) is 0 Å². The van der Waals surface area contributed by atoms with Crippen molar-refractivity contribution in [1.82, 2.24) is 5.32 Å². The van der Waals surface area contributed by atoms with Crippen molar-refractivity contribution in [1.29, 1.82) is 0 Å². The predicted octanol–water partition coefficient (Wildman–Crippen LogP) is 0.219. The van der Waals surface area contributed by atoms with Gasteiger partial charge in [0.25, 0.3) is 0 Å². The summed E-state index contributed by atoms with van der Waals surface area (Å²) >= 11 is 0. The minimum Gasteiger partial charge on any atom is -0.481 e. The summed E-state index contributed by atoms with van der Waals surface area (Å²) in [7, 11) is 0. The predicted molar refractivity (Wildman–Crippen MR) is 67.8 cm³/mol. The molecule has 18 heavy (non-hydrogen) atoms. The molecule has 1 aromatic carbocycles. The Hall–Kier alpha value is -1.88. The normalized spacial score (nSPS) is 18.9. The molecule has 0 amide bonds. The van der Waals surface area contributed by atoms with Gasteiger partial charge in [-0.2, -0.15) is 0 Å². The lowest BCUT2D eigenvalue weighted by Gasteiger charge is -2.19. The fraction of sp³-hybridized carbons (Fsp3) is 0.385. The van der Waals surface area contributed by atoms with E-state index in [1.807, 2.05) is 18.2 Å². The molecule has 5 nitrogen and oxygen atoms in total. The second kappa shape index (κ2) is 5.64. The van der Waals surface area contributed by atoms with E-state index in [1.165, 1.54) is 0 Å². The summed E-state index contributed by atoms with van der Waals surface area (Å²) in [5, 5.41) is 21.1. The molecular formula is C13H16N2O3. The molecule has 0 aliphatic carbocycles. The summed E-state index contributed by atoms with van der Waals surface area (Å²) in [5.74, 6) is 0.0104. The zero-order chi connectivity index (χ0) is 13.0. The van der Waals surface area contributed by atoms with Gasteiger partial charge in [0.2, 0.25) is 0 Å². The molecule has 1 atom stereocenters. The minimum absolute atomic E-state index is 0.0342. The number of benzene rings is 1. The van der Waals surface area contributed by atoms with Crippen molar-refractivity contribution in [3.8, 4) is 0 Å². The number of nitrogens with one attached hydrogen (secondary N) is 1. The van der Waals surface area contributed by atoms with E-state index in [9.17, 15) is 9.90 Å². The maximum absolute atomic E-state index is 10.6. The van der Waals surface area contributed by atoms with Crippen molar-refractivity contribution in [3.05, 3.63) is 35.4 Å². The van der Waals surface area contributed by atoms with Gasteiger partial charge in [-0.25, -0.2) is 0 Å². The molecule has 5 heteroatoms. The molecule has 0 saturated heterocycles. The van der Waals surface area contributed by atoms with Gasteiger partial charge in [-0.05, 0) is 11.1 Å². The smallest absolute Gasteiger partial charge is 0.307 e. The Morgan fingerprint density at radius 1 is 1.44 bits per heavy atom. The first-order chi connectivity index (χ1) is 8.63. The highest BCUT2D eigenvalue weighted by Gasteiger charge is 2.12. The highest BCUT2D eigenvalue weighted by Crippen LogP contribution is 2.08. The lowest BCUT2D eigenvalue weighted by Crippen LogP contribution is -2.39. The van der Waals surface area contributed by atoms with Gasteiger partial charge in [0.1, 0.15) is 5.84 Å². The molecule has 1 unspecified atom stereocenters. The van der Waals surface area contributed by atoms with Crippen molar-refractivity contribution in [3.63, 3.8) is 0 Å². The van der Waals surface area contributed by atoms with Crippen LogP contribution in [0.3, 0.4) is 0 Å². The van der Waals surface area contributed by atoms with Crippen LogP contribution in [0, 0.1) is 0 Å². The lowest BCUT2D eigenvalue weighted by atomic mass is 10.1. The number of aliphatic imine (C=N–C) groups is 1. The van der Waals surface area contributed by atoms with Crippen LogP contribution >= 0.6 is 0 Å². The molecule has 3 N–H and O–H groups in total. The number of aliphatic carboxylic acids is 1. The number of β-amino-alcohol motifs (C(OH)–C–C–N with tert-alkyl or cyclic N) is 1. The summed E-state index contributed by atoms with van der Waals surface area (Å²) in [6, 6.07) is 7.48. The summed E-state index contributed by atoms with van der Waals surface area (Å²) in [4.78, 5) is 14.9. The number of carboxylic acids is 1. The van der Waals surface area contributed by atoms with Crippen LogP contribution in [0.5, 0.6) is 0 Å². The van der Waals surface area contributed by atoms with Gasteiger partial charge in [-0.15, -0.1) is 0 Å². The third-order valence-electron chi connectivity index (χ3n) is 2.75. The Bertz CT molecular complexity index is 471. The molecule has 0 bridgehead atoms. The zero-order valence-corrected chi connectivity index (χ0v) is 9.97. The van der Waals surface area contributed by atoms with Crippen molar-refractivity contribution < 1.29 is 15.0 Å². The number of rotatable bonds is 4. The minimum atomic E-state index is -0.830. The Labute approximate surface area is 105 Å². The number of carbonyl (C=O) groups is 1. The van der Waals surface area contributed by atoms with Crippen LogP contribution in [0.1, 0.15) is 11.1 Å². The molecule has 96 valence electrons. The zero-order valence-electron chi connectivity index (χ0n) is 9.97. The number of hydrogen-bond donors (Lipinski definition) is 3. The van der Waals surface area contributed by atoms with E-state index in [1.54, 1.807) is 6.07 Å². The van der Waals surface area contributed by atoms with Gasteiger partial charge >= 0.3 is 5.97 Å². The fourth-order valence-corrected chi connectivity index (χ4v) is 1.91. The molecule has 0 aromatic heterocycles. The van der Waals surface area contributed by atoms with Crippen LogP contribution < -0.4 is 5.32 Å². The van der Waals surface area contributed by atoms with Crippen molar-refractivity contribution in [2.75, 3.05) is 13.1 Å². The largest absolute Gasteiger partial charge is 0.481 e. The maximum Gasteiger partial charge on any atom is 0.307 e. The first-order valence-electron chi connectivity index (χ1n) is 5.88. The van der Waals surface area contributed by atoms with E-state index in [4.69, 9.17) is 5.11 Å². The second-order valence-electron chi connectivity index (χ2n) is 4.39. The van der Waals surface area contributed by atoms with Gasteiger partial charge in [0.15, 0.2) is 0 Å². The van der Waals surface area contributed by atoms with Gasteiger partial charge in [-0.3, -0.25) is 9.79 Å². The molecule has 0 saturated carbocycles. The van der Waals surface area contributed by atoms with E-state index in [-0.39, 0.29) is 6.42 Å².